The minimum atomic E-state index is -2.91. The molecular formula is C25H34F2N4O2S. The van der Waals surface area contributed by atoms with Crippen LogP contribution in [0.4, 0.5) is 13.6 Å². The molecule has 0 bridgehead atoms. The van der Waals surface area contributed by atoms with Crippen LogP contribution in [0.15, 0.2) is 40.0 Å². The number of piperidine rings is 1. The summed E-state index contributed by atoms with van der Waals surface area (Å²) in [5, 5.41) is 4.18. The lowest BCUT2D eigenvalue weighted by molar-refractivity contribution is 0.0673. The molecule has 2 saturated heterocycles. The standard InChI is InChI=1S/C25H34F2N4O2S/c1-4-17(8-9-21(5-2)25(3,26)27)19-14-20(23-28-22(29-33-23)18-6-7-18)16-31(15-19)24(32)30-10-12-34-13-11-30/h4-5,8-9,18-20H,6-7,10-16H2,1-3H3/b9-8-,17-4+,21-5+. The number of hydrogen-bond acceptors (Lipinski definition) is 5. The molecule has 2 atom stereocenters. The third kappa shape index (κ3) is 5.90. The summed E-state index contributed by atoms with van der Waals surface area (Å²) in [7, 11) is 0. The Balaban J connectivity index is 1.57. The molecular weight excluding hydrogens is 458 g/mol. The molecule has 2 aliphatic heterocycles. The molecule has 2 unspecified atom stereocenters. The number of urea groups is 1. The summed E-state index contributed by atoms with van der Waals surface area (Å²) in [6, 6.07) is 0.0330. The molecule has 0 radical (unpaired) electrons. The molecule has 1 aromatic heterocycles. The Kier molecular flexibility index (Phi) is 7.80. The Labute approximate surface area is 204 Å². The summed E-state index contributed by atoms with van der Waals surface area (Å²) in [6.07, 6.45) is 9.56. The maximum Gasteiger partial charge on any atom is 0.320 e. The van der Waals surface area contributed by atoms with Gasteiger partial charge in [0.1, 0.15) is 0 Å². The first-order valence-electron chi connectivity index (χ1n) is 12.1. The average Bonchev–Trinajstić information content (AvgIpc) is 3.57. The molecule has 3 fully saturated rings. The number of nitrogens with zero attached hydrogens (tertiary/aromatic N) is 4. The lowest BCUT2D eigenvalue weighted by Crippen LogP contribution is -2.51. The number of likely N-dealkylation sites (tertiary alicyclic amines) is 1. The molecule has 6 nitrogen and oxygen atoms in total. The predicted octanol–water partition coefficient (Wildman–Crippen LogP) is 5.63. The molecule has 2 amide bonds. The summed E-state index contributed by atoms with van der Waals surface area (Å²) in [4.78, 5) is 21.9. The quantitative estimate of drug-likeness (QED) is 0.482. The van der Waals surface area contributed by atoms with Gasteiger partial charge in [-0.2, -0.15) is 16.7 Å². The number of thioether (sulfide) groups is 1. The molecule has 3 heterocycles. The maximum atomic E-state index is 13.9. The van der Waals surface area contributed by atoms with Gasteiger partial charge in [0.15, 0.2) is 5.82 Å². The predicted molar refractivity (Wildman–Crippen MR) is 130 cm³/mol. The van der Waals surface area contributed by atoms with Gasteiger partial charge in [0, 0.05) is 62.0 Å². The number of carbonyl (C=O) groups excluding carboxylic acids is 1. The third-order valence-electron chi connectivity index (χ3n) is 6.83. The Morgan fingerprint density at radius 1 is 1.09 bits per heavy atom. The van der Waals surface area contributed by atoms with Crippen LogP contribution in [0.5, 0.6) is 0 Å². The monoisotopic (exact) mass is 492 g/mol. The molecule has 1 aromatic rings. The van der Waals surface area contributed by atoms with Crippen molar-refractivity contribution in [3.63, 3.8) is 0 Å². The Bertz CT molecular complexity index is 958. The number of carbonyl (C=O) groups is 1. The van der Waals surface area contributed by atoms with E-state index in [1.54, 1.807) is 13.0 Å². The van der Waals surface area contributed by atoms with Gasteiger partial charge in [-0.25, -0.2) is 13.6 Å². The highest BCUT2D eigenvalue weighted by Gasteiger charge is 2.38. The van der Waals surface area contributed by atoms with Gasteiger partial charge >= 0.3 is 6.03 Å². The molecule has 34 heavy (non-hydrogen) atoms. The van der Waals surface area contributed by atoms with Crippen LogP contribution in [-0.4, -0.2) is 69.6 Å². The zero-order valence-corrected chi connectivity index (χ0v) is 21.0. The van der Waals surface area contributed by atoms with Crippen molar-refractivity contribution >= 4 is 17.8 Å². The van der Waals surface area contributed by atoms with Gasteiger partial charge in [-0.05, 0) is 38.7 Å². The van der Waals surface area contributed by atoms with Gasteiger partial charge in [-0.3, -0.25) is 0 Å². The van der Waals surface area contributed by atoms with E-state index in [1.807, 2.05) is 34.6 Å². The second-order valence-electron chi connectivity index (χ2n) is 9.44. The molecule has 186 valence electrons. The van der Waals surface area contributed by atoms with E-state index in [-0.39, 0.29) is 23.4 Å². The molecule has 0 aromatic carbocycles. The zero-order chi connectivity index (χ0) is 24.3. The molecule has 9 heteroatoms. The summed E-state index contributed by atoms with van der Waals surface area (Å²) >= 11 is 1.86. The average molecular weight is 493 g/mol. The van der Waals surface area contributed by atoms with Crippen LogP contribution in [-0.2, 0) is 0 Å². The summed E-state index contributed by atoms with van der Waals surface area (Å²) in [6.45, 7) is 6.99. The van der Waals surface area contributed by atoms with E-state index in [0.29, 0.717) is 24.9 Å². The SMILES string of the molecule is C\C=C(/C=C\C(=C/C)C(C)(F)F)C1CC(c2nc(C3CC3)no2)CN(C(=O)N2CCSCC2)C1. The first kappa shape index (κ1) is 24.9. The first-order valence-corrected chi connectivity index (χ1v) is 13.3. The fourth-order valence-electron chi connectivity index (χ4n) is 4.70. The topological polar surface area (TPSA) is 62.5 Å². The van der Waals surface area contributed by atoms with Crippen molar-refractivity contribution in [3.8, 4) is 0 Å². The lowest BCUT2D eigenvalue weighted by Gasteiger charge is -2.40. The second kappa shape index (κ2) is 10.6. The van der Waals surface area contributed by atoms with Crippen molar-refractivity contribution in [1.82, 2.24) is 19.9 Å². The van der Waals surface area contributed by atoms with Crippen LogP contribution in [0.3, 0.4) is 0 Å². The Morgan fingerprint density at radius 2 is 1.82 bits per heavy atom. The molecule has 0 N–H and O–H groups in total. The van der Waals surface area contributed by atoms with Crippen molar-refractivity contribution in [1.29, 1.82) is 0 Å². The van der Waals surface area contributed by atoms with Gasteiger partial charge in [0.2, 0.25) is 5.89 Å². The summed E-state index contributed by atoms with van der Waals surface area (Å²) < 4.78 is 33.4. The molecule has 0 spiro atoms. The van der Waals surface area contributed by atoms with E-state index >= 15 is 0 Å². The number of rotatable bonds is 6. The van der Waals surface area contributed by atoms with Gasteiger partial charge in [0.25, 0.3) is 5.92 Å². The van der Waals surface area contributed by atoms with E-state index in [1.165, 1.54) is 12.2 Å². The molecule has 1 aliphatic carbocycles. The van der Waals surface area contributed by atoms with Crippen molar-refractivity contribution < 1.29 is 18.1 Å². The Morgan fingerprint density at radius 3 is 2.44 bits per heavy atom. The van der Waals surface area contributed by atoms with E-state index in [4.69, 9.17) is 4.52 Å². The van der Waals surface area contributed by atoms with Gasteiger partial charge < -0.3 is 14.3 Å². The lowest BCUT2D eigenvalue weighted by atomic mass is 9.83. The fourth-order valence-corrected chi connectivity index (χ4v) is 5.60. The first-order chi connectivity index (χ1) is 16.3. The van der Waals surface area contributed by atoms with Crippen LogP contribution >= 0.6 is 11.8 Å². The fraction of sp³-hybridized carbons (Fsp3) is 0.640. The number of amides is 2. The minimum Gasteiger partial charge on any atom is -0.339 e. The third-order valence-corrected chi connectivity index (χ3v) is 7.77. The van der Waals surface area contributed by atoms with Crippen molar-refractivity contribution in [2.45, 2.75) is 57.8 Å². The maximum absolute atomic E-state index is 13.9. The van der Waals surface area contributed by atoms with Crippen LogP contribution in [0, 0.1) is 5.92 Å². The highest BCUT2D eigenvalue weighted by Crippen LogP contribution is 2.40. The molecule has 3 aliphatic rings. The number of aromatic nitrogens is 2. The van der Waals surface area contributed by atoms with Crippen LogP contribution in [0.1, 0.15) is 63.6 Å². The minimum absolute atomic E-state index is 0.0111. The van der Waals surface area contributed by atoms with E-state index < -0.39 is 5.92 Å². The summed E-state index contributed by atoms with van der Waals surface area (Å²) in [5.74, 6) is 0.620. The van der Waals surface area contributed by atoms with Gasteiger partial charge in [-0.1, -0.05) is 29.5 Å². The molecule has 4 rings (SSSR count). The van der Waals surface area contributed by atoms with Crippen LogP contribution in [0.25, 0.3) is 0 Å². The highest BCUT2D eigenvalue weighted by molar-refractivity contribution is 7.99. The van der Waals surface area contributed by atoms with Crippen LogP contribution < -0.4 is 0 Å². The second-order valence-corrected chi connectivity index (χ2v) is 10.7. The number of allylic oxidation sites excluding steroid dienone is 5. The highest BCUT2D eigenvalue weighted by atomic mass is 32.2. The number of halogens is 2. The van der Waals surface area contributed by atoms with Crippen LogP contribution in [0.2, 0.25) is 0 Å². The van der Waals surface area contributed by atoms with E-state index in [0.717, 1.165) is 62.2 Å². The smallest absolute Gasteiger partial charge is 0.320 e. The number of hydrogen-bond donors (Lipinski definition) is 0. The number of alkyl halides is 2. The van der Waals surface area contributed by atoms with E-state index in [9.17, 15) is 13.6 Å². The van der Waals surface area contributed by atoms with Crippen molar-refractivity contribution in [3.05, 3.63) is 47.2 Å². The van der Waals surface area contributed by atoms with Gasteiger partial charge in [-0.15, -0.1) is 0 Å². The van der Waals surface area contributed by atoms with Crippen molar-refractivity contribution in [2.24, 2.45) is 5.92 Å². The zero-order valence-electron chi connectivity index (χ0n) is 20.2. The van der Waals surface area contributed by atoms with E-state index in [2.05, 4.69) is 10.1 Å². The van der Waals surface area contributed by atoms with Gasteiger partial charge in [0.05, 0.1) is 5.92 Å². The van der Waals surface area contributed by atoms with Crippen molar-refractivity contribution in [2.75, 3.05) is 37.7 Å². The normalized spacial score (nSPS) is 25.3. The largest absolute Gasteiger partial charge is 0.339 e. The Hall–Kier alpha value is -2.16. The summed E-state index contributed by atoms with van der Waals surface area (Å²) in [5.41, 5.74) is 0.908. The molecule has 1 saturated carbocycles.